The van der Waals surface area contributed by atoms with Crippen molar-refractivity contribution in [2.24, 2.45) is 0 Å². The Bertz CT molecular complexity index is 155. The molecule has 0 aliphatic carbocycles. The fourth-order valence-electron chi connectivity index (χ4n) is 0.674. The molecule has 0 aromatic carbocycles. The highest BCUT2D eigenvalue weighted by molar-refractivity contribution is 7.09. The Labute approximate surface area is 76.6 Å². The van der Waals surface area contributed by atoms with E-state index in [4.69, 9.17) is 4.52 Å². The SMILES string of the molecule is C=C(C)C(O)/C=C/CCCOP. The molecule has 0 saturated heterocycles. The summed E-state index contributed by atoms with van der Waals surface area (Å²) in [5.41, 5.74) is 0.772. The summed E-state index contributed by atoms with van der Waals surface area (Å²) < 4.78 is 4.80. The van der Waals surface area contributed by atoms with Crippen LogP contribution in [0.1, 0.15) is 19.8 Å². The van der Waals surface area contributed by atoms with Gasteiger partial charge in [-0.25, -0.2) is 0 Å². The molecule has 0 aromatic rings. The first-order valence-electron chi connectivity index (χ1n) is 4.00. The first-order chi connectivity index (χ1) is 5.68. The van der Waals surface area contributed by atoms with E-state index in [2.05, 4.69) is 16.0 Å². The summed E-state index contributed by atoms with van der Waals surface area (Å²) in [6, 6.07) is 0. The lowest BCUT2D eigenvalue weighted by atomic mass is 10.1. The largest absolute Gasteiger partial charge is 0.385 e. The van der Waals surface area contributed by atoms with Gasteiger partial charge in [-0.05, 0) is 25.3 Å². The zero-order valence-corrected chi connectivity index (χ0v) is 8.65. The van der Waals surface area contributed by atoms with Gasteiger partial charge in [0.15, 0.2) is 0 Å². The van der Waals surface area contributed by atoms with Crippen molar-refractivity contribution in [1.29, 1.82) is 0 Å². The van der Waals surface area contributed by atoms with Crippen LogP contribution >= 0.6 is 9.47 Å². The van der Waals surface area contributed by atoms with E-state index in [0.717, 1.165) is 25.0 Å². The van der Waals surface area contributed by atoms with E-state index in [1.807, 2.05) is 6.08 Å². The molecule has 0 amide bonds. The summed E-state index contributed by atoms with van der Waals surface area (Å²) in [4.78, 5) is 0. The molecule has 70 valence electrons. The van der Waals surface area contributed by atoms with Crippen LogP contribution in [-0.2, 0) is 4.52 Å². The number of hydrogen-bond acceptors (Lipinski definition) is 2. The van der Waals surface area contributed by atoms with Crippen LogP contribution in [0.15, 0.2) is 24.3 Å². The number of aliphatic hydroxyl groups excluding tert-OH is 1. The van der Waals surface area contributed by atoms with E-state index < -0.39 is 6.10 Å². The lowest BCUT2D eigenvalue weighted by molar-refractivity contribution is 0.259. The predicted molar refractivity (Wildman–Crippen MR) is 54.9 cm³/mol. The first-order valence-corrected chi connectivity index (χ1v) is 4.47. The third kappa shape index (κ3) is 6.53. The van der Waals surface area contributed by atoms with Crippen molar-refractivity contribution in [2.45, 2.75) is 25.9 Å². The average molecular weight is 188 g/mol. The monoisotopic (exact) mass is 188 g/mol. The highest BCUT2D eigenvalue weighted by Gasteiger charge is 1.96. The molecule has 3 heteroatoms. The molecular formula is C9H17O2P. The van der Waals surface area contributed by atoms with Crippen LogP contribution in [0.2, 0.25) is 0 Å². The summed E-state index contributed by atoms with van der Waals surface area (Å²) in [5.74, 6) is 0. The molecule has 0 saturated carbocycles. The van der Waals surface area contributed by atoms with Gasteiger partial charge in [-0.3, -0.25) is 0 Å². The summed E-state index contributed by atoms with van der Waals surface area (Å²) in [6.07, 6.45) is 5.11. The second kappa shape index (κ2) is 7.48. The molecule has 0 aromatic heterocycles. The van der Waals surface area contributed by atoms with Gasteiger partial charge in [0.25, 0.3) is 0 Å². The van der Waals surface area contributed by atoms with Gasteiger partial charge in [-0.1, -0.05) is 18.7 Å². The number of unbranched alkanes of at least 4 members (excludes halogenated alkanes) is 1. The van der Waals surface area contributed by atoms with E-state index in [1.54, 1.807) is 13.0 Å². The fourth-order valence-corrected chi connectivity index (χ4v) is 0.841. The normalized spacial score (nSPS) is 13.6. The molecule has 2 atom stereocenters. The summed E-state index contributed by atoms with van der Waals surface area (Å²) in [6.45, 7) is 6.18. The third-order valence-corrected chi connectivity index (χ3v) is 1.69. The van der Waals surface area contributed by atoms with Crippen molar-refractivity contribution in [3.63, 3.8) is 0 Å². The maximum atomic E-state index is 9.26. The second-order valence-electron chi connectivity index (χ2n) is 2.73. The van der Waals surface area contributed by atoms with Crippen LogP contribution in [0.5, 0.6) is 0 Å². The molecule has 0 spiro atoms. The molecule has 0 aliphatic rings. The van der Waals surface area contributed by atoms with Crippen molar-refractivity contribution in [3.8, 4) is 0 Å². The van der Waals surface area contributed by atoms with Gasteiger partial charge in [-0.2, -0.15) is 0 Å². The number of allylic oxidation sites excluding steroid dienone is 1. The van der Waals surface area contributed by atoms with Crippen molar-refractivity contribution in [3.05, 3.63) is 24.3 Å². The minimum atomic E-state index is -0.498. The highest BCUT2D eigenvalue weighted by atomic mass is 31.0. The maximum Gasteiger partial charge on any atom is 0.0926 e. The van der Waals surface area contributed by atoms with Crippen molar-refractivity contribution in [1.82, 2.24) is 0 Å². The second-order valence-corrected chi connectivity index (χ2v) is 3.07. The molecule has 0 aliphatic heterocycles. The molecule has 2 nitrogen and oxygen atoms in total. The molecule has 12 heavy (non-hydrogen) atoms. The molecule has 0 bridgehead atoms. The van der Waals surface area contributed by atoms with Crippen molar-refractivity contribution in [2.75, 3.05) is 6.61 Å². The number of aliphatic hydroxyl groups is 1. The van der Waals surface area contributed by atoms with E-state index in [1.165, 1.54) is 0 Å². The standard InChI is InChI=1S/C9H17O2P/c1-8(2)9(10)6-4-3-5-7-11-12/h4,6,9-10H,1,3,5,7,12H2,2H3/b6-4+. The minimum Gasteiger partial charge on any atom is -0.385 e. The quantitative estimate of drug-likeness (QED) is 0.393. The molecule has 1 N–H and O–H groups in total. The Hall–Kier alpha value is -0.170. The number of hydrogen-bond donors (Lipinski definition) is 1. The van der Waals surface area contributed by atoms with E-state index in [9.17, 15) is 5.11 Å². The van der Waals surface area contributed by atoms with E-state index >= 15 is 0 Å². The molecule has 0 rings (SSSR count). The van der Waals surface area contributed by atoms with Crippen LogP contribution in [0.25, 0.3) is 0 Å². The van der Waals surface area contributed by atoms with Crippen LogP contribution in [0.3, 0.4) is 0 Å². The average Bonchev–Trinajstić information content (AvgIpc) is 2.03. The van der Waals surface area contributed by atoms with Gasteiger partial charge in [0, 0.05) is 9.47 Å². The molecular weight excluding hydrogens is 171 g/mol. The van der Waals surface area contributed by atoms with E-state index in [0.29, 0.717) is 0 Å². The summed E-state index contributed by atoms with van der Waals surface area (Å²) in [5, 5.41) is 9.26. The fraction of sp³-hybridized carbons (Fsp3) is 0.556. The van der Waals surface area contributed by atoms with Gasteiger partial charge in [0.05, 0.1) is 12.7 Å². The van der Waals surface area contributed by atoms with Crippen LogP contribution < -0.4 is 0 Å². The Morgan fingerprint density at radius 1 is 1.75 bits per heavy atom. The predicted octanol–water partition coefficient (Wildman–Crippen LogP) is 2.07. The zero-order valence-electron chi connectivity index (χ0n) is 7.49. The lowest BCUT2D eigenvalue weighted by Gasteiger charge is -2.02. The van der Waals surface area contributed by atoms with Gasteiger partial charge in [0.2, 0.25) is 0 Å². The van der Waals surface area contributed by atoms with Crippen LogP contribution in [0, 0.1) is 0 Å². The first kappa shape index (κ1) is 11.8. The van der Waals surface area contributed by atoms with Gasteiger partial charge < -0.3 is 9.63 Å². The van der Waals surface area contributed by atoms with Crippen LogP contribution in [0.4, 0.5) is 0 Å². The van der Waals surface area contributed by atoms with Crippen molar-refractivity contribution < 1.29 is 9.63 Å². The third-order valence-electron chi connectivity index (χ3n) is 1.46. The Morgan fingerprint density at radius 3 is 2.92 bits per heavy atom. The Kier molecular flexibility index (Phi) is 7.37. The Morgan fingerprint density at radius 2 is 2.42 bits per heavy atom. The summed E-state index contributed by atoms with van der Waals surface area (Å²) in [7, 11) is 2.21. The topological polar surface area (TPSA) is 29.5 Å². The summed E-state index contributed by atoms with van der Waals surface area (Å²) >= 11 is 0. The minimum absolute atomic E-state index is 0.498. The number of rotatable bonds is 6. The highest BCUT2D eigenvalue weighted by Crippen LogP contribution is 2.01. The Balaban J connectivity index is 3.41. The van der Waals surface area contributed by atoms with Gasteiger partial charge >= 0.3 is 0 Å². The molecule has 0 heterocycles. The van der Waals surface area contributed by atoms with Crippen LogP contribution in [-0.4, -0.2) is 17.8 Å². The van der Waals surface area contributed by atoms with Gasteiger partial charge in [0.1, 0.15) is 0 Å². The molecule has 0 radical (unpaired) electrons. The van der Waals surface area contributed by atoms with Crippen molar-refractivity contribution >= 4 is 9.47 Å². The molecule has 0 fully saturated rings. The lowest BCUT2D eigenvalue weighted by Crippen LogP contribution is -2.01. The molecule has 2 unspecified atom stereocenters. The van der Waals surface area contributed by atoms with E-state index in [-0.39, 0.29) is 0 Å². The maximum absolute atomic E-state index is 9.26. The van der Waals surface area contributed by atoms with Gasteiger partial charge in [-0.15, -0.1) is 0 Å². The smallest absolute Gasteiger partial charge is 0.0926 e. The zero-order chi connectivity index (χ0) is 9.40.